The van der Waals surface area contributed by atoms with Gasteiger partial charge in [0.15, 0.2) is 6.20 Å². The first-order chi connectivity index (χ1) is 18.3. The molecule has 0 amide bonds. The van der Waals surface area contributed by atoms with Crippen molar-refractivity contribution in [1.82, 2.24) is 0 Å². The second-order valence-electron chi connectivity index (χ2n) is 10.6. The third-order valence-electron chi connectivity index (χ3n) is 7.93. The zero-order valence-corrected chi connectivity index (χ0v) is 22.0. The minimum Gasteiger partial charge on any atom is -0.207 e. The molecule has 3 heteroatoms. The molecule has 0 N–H and O–H groups in total. The van der Waals surface area contributed by atoms with Crippen LogP contribution in [0.25, 0.3) is 44.6 Å². The summed E-state index contributed by atoms with van der Waals surface area (Å²) in [6.45, 7) is 6.54. The van der Waals surface area contributed by atoms with E-state index in [0.29, 0.717) is 5.56 Å². The van der Waals surface area contributed by atoms with Gasteiger partial charge in [-0.2, -0.15) is 5.26 Å². The van der Waals surface area contributed by atoms with E-state index in [1.54, 1.807) is 12.3 Å². The van der Waals surface area contributed by atoms with Gasteiger partial charge in [0, 0.05) is 23.1 Å². The van der Waals surface area contributed by atoms with E-state index in [-0.39, 0.29) is 5.82 Å². The molecule has 0 fully saturated rings. The molecule has 0 bridgehead atoms. The largest absolute Gasteiger partial charge is 0.215 e. The van der Waals surface area contributed by atoms with Crippen LogP contribution in [0.2, 0.25) is 0 Å². The van der Waals surface area contributed by atoms with Crippen molar-refractivity contribution in [3.63, 3.8) is 0 Å². The summed E-state index contributed by atoms with van der Waals surface area (Å²) in [5.41, 5.74) is 12.1. The molecule has 0 saturated heterocycles. The number of aryl methyl sites for hydroxylation is 2. The summed E-state index contributed by atoms with van der Waals surface area (Å²) in [6.07, 6.45) is 1.77. The lowest BCUT2D eigenvalue weighted by Crippen LogP contribution is -2.32. The molecule has 4 aromatic carbocycles. The number of nitrogens with zero attached hydrogens (tertiary/aromatic N) is 2. The lowest BCUT2D eigenvalue weighted by atomic mass is 9.75. The van der Waals surface area contributed by atoms with E-state index < -0.39 is 5.41 Å². The Labute approximate surface area is 223 Å². The SMILES string of the molecule is Cc1ccc2c(c1-c1cc(F)cc[n+]1C)C(C)(C)c1c-2ccc(C#N)c1-c1ccc(-c2ccccc2)cc1. The summed E-state index contributed by atoms with van der Waals surface area (Å²) in [5.74, 6) is -0.255. The minimum atomic E-state index is -0.411. The molecule has 1 heterocycles. The highest BCUT2D eigenvalue weighted by Gasteiger charge is 2.42. The molecule has 2 nitrogen and oxygen atoms in total. The molecule has 0 unspecified atom stereocenters. The number of hydrogen-bond donors (Lipinski definition) is 0. The molecule has 38 heavy (non-hydrogen) atoms. The Balaban J connectivity index is 1.60. The van der Waals surface area contributed by atoms with E-state index in [2.05, 4.69) is 81.4 Å². The molecule has 0 spiro atoms. The van der Waals surface area contributed by atoms with Gasteiger partial charge in [0.2, 0.25) is 5.69 Å². The molecule has 1 aliphatic carbocycles. The third kappa shape index (κ3) is 3.56. The molecule has 6 rings (SSSR count). The van der Waals surface area contributed by atoms with Gasteiger partial charge in [-0.05, 0) is 57.5 Å². The minimum absolute atomic E-state index is 0.255. The summed E-state index contributed by atoms with van der Waals surface area (Å²) < 4.78 is 16.4. The number of benzene rings is 4. The lowest BCUT2D eigenvalue weighted by Gasteiger charge is -2.27. The molecule has 5 aromatic rings. The predicted octanol–water partition coefficient (Wildman–Crippen LogP) is 8.14. The van der Waals surface area contributed by atoms with Crippen molar-refractivity contribution >= 4 is 0 Å². The number of rotatable bonds is 3. The monoisotopic (exact) mass is 495 g/mol. The van der Waals surface area contributed by atoms with Gasteiger partial charge in [0.1, 0.15) is 12.9 Å². The maximum absolute atomic E-state index is 14.5. The molecule has 1 aliphatic rings. The van der Waals surface area contributed by atoms with Crippen molar-refractivity contribution in [3.05, 3.63) is 125 Å². The van der Waals surface area contributed by atoms with Gasteiger partial charge in [-0.1, -0.05) is 86.6 Å². The molecule has 0 aliphatic heterocycles. The van der Waals surface area contributed by atoms with Gasteiger partial charge in [0.25, 0.3) is 0 Å². The van der Waals surface area contributed by atoms with Crippen molar-refractivity contribution in [2.75, 3.05) is 0 Å². The molecule has 0 radical (unpaired) electrons. The van der Waals surface area contributed by atoms with Crippen molar-refractivity contribution in [3.8, 4) is 50.7 Å². The van der Waals surface area contributed by atoms with Gasteiger partial charge in [-0.25, -0.2) is 8.96 Å². The first kappa shape index (κ1) is 23.8. The molecular weight excluding hydrogens is 467 g/mol. The van der Waals surface area contributed by atoms with Crippen molar-refractivity contribution in [2.24, 2.45) is 7.05 Å². The van der Waals surface area contributed by atoms with Crippen LogP contribution in [-0.2, 0) is 12.5 Å². The van der Waals surface area contributed by atoms with Crippen LogP contribution in [0, 0.1) is 24.1 Å². The smallest absolute Gasteiger partial charge is 0.207 e. The van der Waals surface area contributed by atoms with E-state index in [9.17, 15) is 9.65 Å². The van der Waals surface area contributed by atoms with Crippen molar-refractivity contribution in [2.45, 2.75) is 26.2 Å². The first-order valence-electron chi connectivity index (χ1n) is 12.8. The van der Waals surface area contributed by atoms with E-state index in [0.717, 1.165) is 55.8 Å². The molecule has 0 saturated carbocycles. The Morgan fingerprint density at radius 3 is 2.03 bits per heavy atom. The standard InChI is InChI=1S/C35H28FN2/c1-22-10-16-28-29-17-15-26(21-37)32(25-13-11-24(12-14-25)23-8-6-5-7-9-23)34(29)35(2,3)33(28)31(22)30-20-27(36)18-19-38(30)4/h5-20H,1-4H3/q+1. The van der Waals surface area contributed by atoms with E-state index in [1.807, 2.05) is 35.9 Å². The summed E-state index contributed by atoms with van der Waals surface area (Å²) in [7, 11) is 1.95. The average molecular weight is 496 g/mol. The first-order valence-corrected chi connectivity index (χ1v) is 12.8. The van der Waals surface area contributed by atoms with Crippen LogP contribution in [0.15, 0.2) is 97.2 Å². The quantitative estimate of drug-likeness (QED) is 0.232. The molecule has 1 aromatic heterocycles. The van der Waals surface area contributed by atoms with E-state index in [4.69, 9.17) is 0 Å². The second-order valence-corrected chi connectivity index (χ2v) is 10.6. The molecular formula is C35H28FN2+. The fraction of sp³-hybridized carbons (Fsp3) is 0.143. The second kappa shape index (κ2) is 8.78. The third-order valence-corrected chi connectivity index (χ3v) is 7.93. The van der Waals surface area contributed by atoms with Crippen molar-refractivity contribution < 1.29 is 8.96 Å². The number of hydrogen-bond acceptors (Lipinski definition) is 1. The molecule has 0 atom stereocenters. The van der Waals surface area contributed by atoms with Gasteiger partial charge in [0.05, 0.1) is 17.2 Å². The predicted molar refractivity (Wildman–Crippen MR) is 151 cm³/mol. The Hall–Kier alpha value is -4.55. The number of nitriles is 1. The maximum atomic E-state index is 14.5. The highest BCUT2D eigenvalue weighted by Crippen LogP contribution is 2.56. The normalized spacial score (nSPS) is 13.1. The van der Waals surface area contributed by atoms with Gasteiger partial charge in [-0.15, -0.1) is 0 Å². The maximum Gasteiger partial charge on any atom is 0.215 e. The Bertz CT molecular complexity index is 1760. The zero-order valence-electron chi connectivity index (χ0n) is 22.0. The molecule has 184 valence electrons. The van der Waals surface area contributed by atoms with Crippen LogP contribution in [0.3, 0.4) is 0 Å². The number of aromatic nitrogens is 1. The summed E-state index contributed by atoms with van der Waals surface area (Å²) >= 11 is 0. The van der Waals surface area contributed by atoms with Crippen LogP contribution in [0.1, 0.15) is 36.1 Å². The van der Waals surface area contributed by atoms with Crippen molar-refractivity contribution in [1.29, 1.82) is 5.26 Å². The Morgan fingerprint density at radius 1 is 0.737 bits per heavy atom. The summed E-state index contributed by atoms with van der Waals surface area (Å²) in [5, 5.41) is 10.2. The fourth-order valence-corrected chi connectivity index (χ4v) is 6.16. The fourth-order valence-electron chi connectivity index (χ4n) is 6.16. The number of halogens is 1. The van der Waals surface area contributed by atoms with Crippen LogP contribution in [-0.4, -0.2) is 0 Å². The zero-order chi connectivity index (χ0) is 26.6. The highest BCUT2D eigenvalue weighted by atomic mass is 19.1. The van der Waals surface area contributed by atoms with Crippen LogP contribution in [0.5, 0.6) is 0 Å². The Kier molecular flexibility index (Phi) is 5.51. The van der Waals surface area contributed by atoms with E-state index in [1.165, 1.54) is 11.6 Å². The topological polar surface area (TPSA) is 27.7 Å². The highest BCUT2D eigenvalue weighted by molar-refractivity contribution is 5.94. The van der Waals surface area contributed by atoms with Gasteiger partial charge >= 0.3 is 0 Å². The van der Waals surface area contributed by atoms with Gasteiger partial charge in [-0.3, -0.25) is 0 Å². The number of pyridine rings is 1. The van der Waals surface area contributed by atoms with Crippen LogP contribution in [0.4, 0.5) is 4.39 Å². The van der Waals surface area contributed by atoms with Gasteiger partial charge < -0.3 is 0 Å². The van der Waals surface area contributed by atoms with E-state index >= 15 is 0 Å². The number of fused-ring (bicyclic) bond motifs is 3. The summed E-state index contributed by atoms with van der Waals surface area (Å²) in [4.78, 5) is 0. The summed E-state index contributed by atoms with van der Waals surface area (Å²) in [6, 6.07) is 32.7. The van der Waals surface area contributed by atoms with Crippen LogP contribution < -0.4 is 4.57 Å². The lowest BCUT2D eigenvalue weighted by molar-refractivity contribution is -0.660. The average Bonchev–Trinajstić information content (AvgIpc) is 3.17. The van der Waals surface area contributed by atoms with Crippen LogP contribution >= 0.6 is 0 Å². The Morgan fingerprint density at radius 2 is 1.34 bits per heavy atom.